The van der Waals surface area contributed by atoms with E-state index in [1.165, 1.54) is 0 Å². The summed E-state index contributed by atoms with van der Waals surface area (Å²) in [7, 11) is 0. The van der Waals surface area contributed by atoms with E-state index in [4.69, 9.17) is 14.5 Å². The molecule has 0 aromatic carbocycles. The molecule has 3 fully saturated rings. The molecule has 5 rings (SSSR count). The maximum Gasteiger partial charge on any atom is 0.416 e. The number of carbonyl (C=O) groups is 4. The highest BCUT2D eigenvalue weighted by Crippen LogP contribution is 2.36. The van der Waals surface area contributed by atoms with Crippen LogP contribution >= 0.6 is 0 Å². The minimum Gasteiger partial charge on any atom is -0.460 e. The van der Waals surface area contributed by atoms with Crippen molar-refractivity contribution in [2.45, 2.75) is 116 Å². The van der Waals surface area contributed by atoms with Crippen LogP contribution < -0.4 is 15.5 Å². The summed E-state index contributed by atoms with van der Waals surface area (Å²) in [5.74, 6) is 0.401. The van der Waals surface area contributed by atoms with Gasteiger partial charge in [-0.1, -0.05) is 0 Å². The summed E-state index contributed by atoms with van der Waals surface area (Å²) >= 11 is 0. The molecule has 43 heavy (non-hydrogen) atoms. The molecule has 3 amide bonds. The van der Waals surface area contributed by atoms with E-state index in [1.54, 1.807) is 21.7 Å². The van der Waals surface area contributed by atoms with Crippen molar-refractivity contribution >= 4 is 47.2 Å². The molecule has 2 aromatic heterocycles. The largest absolute Gasteiger partial charge is 0.460 e. The number of hydrogen-bond donors (Lipinski definition) is 2. The number of nitrogens with zero attached hydrogens (tertiary/aromatic N) is 4. The van der Waals surface area contributed by atoms with Crippen LogP contribution in [0.25, 0.3) is 11.7 Å². The molecule has 0 spiro atoms. The summed E-state index contributed by atoms with van der Waals surface area (Å²) in [6, 6.07) is 1.91. The van der Waals surface area contributed by atoms with Crippen LogP contribution in [-0.4, -0.2) is 61.8 Å². The predicted octanol–water partition coefficient (Wildman–Crippen LogP) is 4.77. The van der Waals surface area contributed by atoms with Gasteiger partial charge in [-0.05, 0) is 92.1 Å². The molecule has 0 atom stereocenters. The first-order valence-electron chi connectivity index (χ1n) is 15.1. The molecule has 232 valence electrons. The smallest absolute Gasteiger partial charge is 0.416 e. The molecule has 3 heterocycles. The van der Waals surface area contributed by atoms with E-state index in [2.05, 4.69) is 15.7 Å². The minimum atomic E-state index is -0.683. The van der Waals surface area contributed by atoms with Gasteiger partial charge in [0.25, 0.3) is 5.91 Å². The van der Waals surface area contributed by atoms with E-state index >= 15 is 0 Å². The maximum atomic E-state index is 13.4. The fourth-order valence-electron chi connectivity index (χ4n) is 5.53. The summed E-state index contributed by atoms with van der Waals surface area (Å²) in [5, 5.41) is 10.4. The first-order valence-corrected chi connectivity index (χ1v) is 15.1. The third kappa shape index (κ3) is 7.71. The van der Waals surface area contributed by atoms with E-state index in [9.17, 15) is 19.2 Å². The van der Waals surface area contributed by atoms with Crippen LogP contribution in [0.5, 0.6) is 0 Å². The van der Waals surface area contributed by atoms with Gasteiger partial charge in [0.15, 0.2) is 5.65 Å². The van der Waals surface area contributed by atoms with Gasteiger partial charge >= 0.3 is 12.1 Å². The van der Waals surface area contributed by atoms with Gasteiger partial charge in [-0.3, -0.25) is 24.6 Å². The van der Waals surface area contributed by atoms with Gasteiger partial charge in [-0.25, -0.2) is 9.78 Å². The second-order valence-electron chi connectivity index (χ2n) is 13.8. The Balaban J connectivity index is 1.42. The summed E-state index contributed by atoms with van der Waals surface area (Å²) < 4.78 is 12.9. The molecular weight excluding hydrogens is 552 g/mol. The lowest BCUT2D eigenvalue weighted by atomic mass is 9.84. The Bertz CT molecular complexity index is 1450. The predicted molar refractivity (Wildman–Crippen MR) is 160 cm³/mol. The summed E-state index contributed by atoms with van der Waals surface area (Å²) in [6.07, 6.45) is 8.29. The minimum absolute atomic E-state index is 0.0143. The maximum absolute atomic E-state index is 13.4. The molecule has 0 radical (unpaired) electrons. The lowest BCUT2D eigenvalue weighted by Gasteiger charge is -2.30. The van der Waals surface area contributed by atoms with E-state index in [0.717, 1.165) is 38.5 Å². The molecular formula is C31H42N6O6. The number of aromatic nitrogens is 3. The van der Waals surface area contributed by atoms with Crippen molar-refractivity contribution in [2.75, 3.05) is 10.2 Å². The molecule has 2 N–H and O–H groups in total. The van der Waals surface area contributed by atoms with Gasteiger partial charge in [0.2, 0.25) is 5.91 Å². The first-order chi connectivity index (χ1) is 20.1. The number of imide groups is 1. The molecule has 2 saturated carbocycles. The van der Waals surface area contributed by atoms with Crippen molar-refractivity contribution in [2.24, 2.45) is 5.92 Å². The van der Waals surface area contributed by atoms with Crippen molar-refractivity contribution in [3.8, 4) is 0 Å². The standard InChI is InChI=1S/C31H42N6O6/c1-30(2,3)42-26(39)13-18-7-9-21(10-8-18)33-23-16-25(36(22-11-12-22)29(41)43-31(4,5)6)37-27(34-23)20(17-32-37)14-19-15-24(38)35-28(19)40/h14,16-18,21-22H,7-13,15H2,1-6H3,(H,33,34)(H,35,38,40)/b19-14+. The zero-order valence-electron chi connectivity index (χ0n) is 25.9. The van der Waals surface area contributed by atoms with Gasteiger partial charge in [-0.2, -0.15) is 9.61 Å². The SMILES string of the molecule is CC(C)(C)OC(=O)CC1CCC(Nc2cc(N(C(=O)OC(C)(C)C)C3CC3)n3ncc(/C=C4\CC(=O)NC4=O)c3n2)CC1. The Kier molecular flexibility index (Phi) is 8.24. The number of fused-ring (bicyclic) bond motifs is 1. The average molecular weight is 595 g/mol. The fraction of sp³-hybridized carbons (Fsp3) is 0.613. The van der Waals surface area contributed by atoms with Crippen molar-refractivity contribution in [3.05, 3.63) is 23.4 Å². The lowest BCUT2D eigenvalue weighted by Crippen LogP contribution is -2.39. The van der Waals surface area contributed by atoms with Gasteiger partial charge in [0.05, 0.1) is 12.6 Å². The van der Waals surface area contributed by atoms with Crippen molar-refractivity contribution in [1.82, 2.24) is 19.9 Å². The molecule has 1 saturated heterocycles. The van der Waals surface area contributed by atoms with Gasteiger partial charge in [0, 0.05) is 35.7 Å². The topological polar surface area (TPSA) is 144 Å². The quantitative estimate of drug-likeness (QED) is 0.263. The summed E-state index contributed by atoms with van der Waals surface area (Å²) in [6.45, 7) is 11.1. The number of hydrogen-bond acceptors (Lipinski definition) is 9. The summed E-state index contributed by atoms with van der Waals surface area (Å²) in [4.78, 5) is 56.3. The monoisotopic (exact) mass is 594 g/mol. The lowest BCUT2D eigenvalue weighted by molar-refractivity contribution is -0.156. The molecule has 12 nitrogen and oxygen atoms in total. The van der Waals surface area contributed by atoms with Crippen LogP contribution in [0.3, 0.4) is 0 Å². The summed E-state index contributed by atoms with van der Waals surface area (Å²) in [5.41, 5.74) is 0.164. The highest BCUT2D eigenvalue weighted by Gasteiger charge is 2.39. The Morgan fingerprint density at radius 3 is 2.30 bits per heavy atom. The number of amides is 3. The second-order valence-corrected chi connectivity index (χ2v) is 13.8. The van der Waals surface area contributed by atoms with Gasteiger partial charge < -0.3 is 14.8 Å². The Labute approximate surface area is 251 Å². The second kappa shape index (κ2) is 11.6. The van der Waals surface area contributed by atoms with Crippen molar-refractivity contribution in [1.29, 1.82) is 0 Å². The van der Waals surface area contributed by atoms with Crippen LogP contribution in [0, 0.1) is 5.92 Å². The van der Waals surface area contributed by atoms with Crippen LogP contribution in [-0.2, 0) is 23.9 Å². The van der Waals surface area contributed by atoms with Crippen LogP contribution in [0.1, 0.15) is 98.5 Å². The first kappa shape index (κ1) is 30.5. The van der Waals surface area contributed by atoms with E-state index < -0.39 is 23.2 Å². The van der Waals surface area contributed by atoms with Crippen LogP contribution in [0.2, 0.25) is 0 Å². The molecule has 0 bridgehead atoms. The Hall–Kier alpha value is -3.96. The van der Waals surface area contributed by atoms with E-state index in [-0.39, 0.29) is 36.3 Å². The zero-order valence-corrected chi connectivity index (χ0v) is 25.9. The highest BCUT2D eigenvalue weighted by molar-refractivity contribution is 6.15. The van der Waals surface area contributed by atoms with E-state index in [0.29, 0.717) is 34.8 Å². The number of esters is 1. The molecule has 3 aliphatic rings. The van der Waals surface area contributed by atoms with Crippen molar-refractivity contribution < 1.29 is 28.7 Å². The van der Waals surface area contributed by atoms with Crippen LogP contribution in [0.4, 0.5) is 16.4 Å². The molecule has 0 unspecified atom stereocenters. The Morgan fingerprint density at radius 1 is 1.05 bits per heavy atom. The Morgan fingerprint density at radius 2 is 1.72 bits per heavy atom. The average Bonchev–Trinajstić information content (AvgIpc) is 3.54. The third-order valence-corrected chi connectivity index (χ3v) is 7.53. The highest BCUT2D eigenvalue weighted by atomic mass is 16.6. The van der Waals surface area contributed by atoms with E-state index in [1.807, 2.05) is 47.6 Å². The fourth-order valence-corrected chi connectivity index (χ4v) is 5.53. The number of anilines is 2. The van der Waals surface area contributed by atoms with Gasteiger partial charge in [0.1, 0.15) is 22.8 Å². The number of ether oxygens (including phenoxy) is 2. The number of rotatable bonds is 7. The third-order valence-electron chi connectivity index (χ3n) is 7.53. The normalized spacial score (nSPS) is 22.0. The molecule has 2 aliphatic carbocycles. The van der Waals surface area contributed by atoms with Crippen LogP contribution in [0.15, 0.2) is 17.8 Å². The molecule has 2 aromatic rings. The molecule has 12 heteroatoms. The van der Waals surface area contributed by atoms with Crippen molar-refractivity contribution in [3.63, 3.8) is 0 Å². The molecule has 1 aliphatic heterocycles. The number of carbonyl (C=O) groups excluding carboxylic acids is 4. The van der Waals surface area contributed by atoms with Gasteiger partial charge in [-0.15, -0.1) is 0 Å². The number of nitrogens with one attached hydrogen (secondary N) is 2. The zero-order chi connectivity index (χ0) is 31.1.